The fraction of sp³-hybridized carbons (Fsp3) is 0.280. The van der Waals surface area contributed by atoms with Crippen molar-refractivity contribution in [2.45, 2.75) is 25.9 Å². The Hall–Kier alpha value is -3.02. The minimum Gasteiger partial charge on any atom is -0.390 e. The lowest BCUT2D eigenvalue weighted by atomic mass is 10.0. The highest BCUT2D eigenvalue weighted by Gasteiger charge is 2.10. The summed E-state index contributed by atoms with van der Waals surface area (Å²) < 4.78 is 0. The lowest BCUT2D eigenvalue weighted by Gasteiger charge is -2.14. The number of hydrogen-bond donors (Lipinski definition) is 3. The Labute approximate surface area is 178 Å². The fourth-order valence-electron chi connectivity index (χ4n) is 3.35. The molecule has 0 saturated carbocycles. The fourth-order valence-corrected chi connectivity index (χ4v) is 3.35. The summed E-state index contributed by atoms with van der Waals surface area (Å²) in [5.41, 5.74) is 5.09. The topological polar surface area (TPSA) is 74.2 Å². The molecular weight excluding hydrogens is 374 g/mol. The Morgan fingerprint density at radius 3 is 2.40 bits per heavy atom. The van der Waals surface area contributed by atoms with E-state index in [1.165, 1.54) is 11.1 Å². The summed E-state index contributed by atoms with van der Waals surface area (Å²) in [4.78, 5) is 16.6. The van der Waals surface area contributed by atoms with Crippen LogP contribution in [0, 0.1) is 0 Å². The van der Waals surface area contributed by atoms with E-state index in [2.05, 4.69) is 46.8 Å². The van der Waals surface area contributed by atoms with Gasteiger partial charge in [-0.15, -0.1) is 0 Å². The van der Waals surface area contributed by atoms with Crippen LogP contribution in [0.4, 0.5) is 0 Å². The average Bonchev–Trinajstić information content (AvgIpc) is 2.81. The van der Waals surface area contributed by atoms with Gasteiger partial charge < -0.3 is 15.7 Å². The molecule has 30 heavy (non-hydrogen) atoms. The summed E-state index contributed by atoms with van der Waals surface area (Å²) in [5, 5.41) is 16.2. The number of nitrogens with zero attached hydrogens (tertiary/aromatic N) is 1. The molecule has 0 saturated heterocycles. The molecule has 0 aliphatic rings. The van der Waals surface area contributed by atoms with Gasteiger partial charge in [0.05, 0.1) is 11.8 Å². The normalized spacial score (nSPS) is 11.8. The van der Waals surface area contributed by atoms with Crippen molar-refractivity contribution in [3.05, 3.63) is 89.6 Å². The van der Waals surface area contributed by atoms with Crippen molar-refractivity contribution in [2.24, 2.45) is 0 Å². The smallest absolute Gasteiger partial charge is 0.251 e. The van der Waals surface area contributed by atoms with Crippen LogP contribution in [0.1, 0.15) is 28.4 Å². The minimum absolute atomic E-state index is 0.196. The van der Waals surface area contributed by atoms with Crippen LogP contribution >= 0.6 is 0 Å². The summed E-state index contributed by atoms with van der Waals surface area (Å²) in [6.45, 7) is 3.59. The van der Waals surface area contributed by atoms with Crippen molar-refractivity contribution in [3.8, 4) is 11.3 Å². The Bertz CT molecular complexity index is 927. The summed E-state index contributed by atoms with van der Waals surface area (Å²) in [6, 6.07) is 21.5. The summed E-state index contributed by atoms with van der Waals surface area (Å²) in [7, 11) is 0. The molecule has 0 spiro atoms. The van der Waals surface area contributed by atoms with Crippen molar-refractivity contribution in [3.63, 3.8) is 0 Å². The molecule has 3 N–H and O–H groups in total. The molecule has 1 unspecified atom stereocenters. The van der Waals surface area contributed by atoms with Crippen LogP contribution in [0.25, 0.3) is 11.3 Å². The first kappa shape index (κ1) is 21.7. The van der Waals surface area contributed by atoms with E-state index in [-0.39, 0.29) is 12.5 Å². The van der Waals surface area contributed by atoms with Crippen LogP contribution in [0.2, 0.25) is 0 Å². The number of aryl methyl sites for hydroxylation is 1. The SMILES string of the molecule is CCc1ccccc1CCNCC(O)CNC(=O)c1ccc(-c2ccccn2)cc1. The molecule has 2 aromatic carbocycles. The number of rotatable bonds is 10. The molecule has 3 rings (SSSR count). The highest BCUT2D eigenvalue weighted by Crippen LogP contribution is 2.16. The predicted molar refractivity (Wildman–Crippen MR) is 120 cm³/mol. The lowest BCUT2D eigenvalue weighted by Crippen LogP contribution is -2.38. The molecule has 0 aliphatic heterocycles. The van der Waals surface area contributed by atoms with E-state index in [1.54, 1.807) is 18.3 Å². The highest BCUT2D eigenvalue weighted by atomic mass is 16.3. The molecule has 1 amide bonds. The molecule has 0 bridgehead atoms. The zero-order chi connectivity index (χ0) is 21.2. The molecule has 1 aromatic heterocycles. The first-order chi connectivity index (χ1) is 14.7. The van der Waals surface area contributed by atoms with Gasteiger partial charge in [-0.3, -0.25) is 9.78 Å². The van der Waals surface area contributed by atoms with Crippen LogP contribution in [0.5, 0.6) is 0 Å². The number of hydrogen-bond acceptors (Lipinski definition) is 4. The Morgan fingerprint density at radius 1 is 0.967 bits per heavy atom. The van der Waals surface area contributed by atoms with Gasteiger partial charge in [0.1, 0.15) is 0 Å². The predicted octanol–water partition coefficient (Wildman–Crippen LogP) is 3.23. The molecule has 156 valence electrons. The van der Waals surface area contributed by atoms with Gasteiger partial charge in [-0.2, -0.15) is 0 Å². The van der Waals surface area contributed by atoms with Crippen molar-refractivity contribution in [1.82, 2.24) is 15.6 Å². The number of amides is 1. The molecule has 0 aliphatic carbocycles. The van der Waals surface area contributed by atoms with Gasteiger partial charge in [0.15, 0.2) is 0 Å². The van der Waals surface area contributed by atoms with E-state index in [0.29, 0.717) is 12.1 Å². The maximum Gasteiger partial charge on any atom is 0.251 e. The molecule has 5 heteroatoms. The number of carbonyl (C=O) groups excluding carboxylic acids is 1. The van der Waals surface area contributed by atoms with E-state index in [0.717, 1.165) is 30.6 Å². The monoisotopic (exact) mass is 403 g/mol. The summed E-state index contributed by atoms with van der Waals surface area (Å²) >= 11 is 0. The van der Waals surface area contributed by atoms with Gasteiger partial charge >= 0.3 is 0 Å². The van der Waals surface area contributed by atoms with E-state index in [4.69, 9.17) is 0 Å². The number of carbonyl (C=O) groups is 1. The third-order valence-corrected chi connectivity index (χ3v) is 5.06. The van der Waals surface area contributed by atoms with E-state index >= 15 is 0 Å². The minimum atomic E-state index is -0.636. The maximum absolute atomic E-state index is 12.3. The molecule has 1 atom stereocenters. The lowest BCUT2D eigenvalue weighted by molar-refractivity contribution is 0.0915. The molecule has 0 radical (unpaired) electrons. The van der Waals surface area contributed by atoms with Crippen molar-refractivity contribution in [2.75, 3.05) is 19.6 Å². The molecule has 3 aromatic rings. The Morgan fingerprint density at radius 2 is 1.70 bits per heavy atom. The van der Waals surface area contributed by atoms with Crippen LogP contribution in [-0.4, -0.2) is 41.7 Å². The molecule has 1 heterocycles. The van der Waals surface area contributed by atoms with Crippen molar-refractivity contribution < 1.29 is 9.90 Å². The largest absolute Gasteiger partial charge is 0.390 e. The number of benzene rings is 2. The number of aliphatic hydroxyl groups is 1. The van der Waals surface area contributed by atoms with E-state index < -0.39 is 6.10 Å². The van der Waals surface area contributed by atoms with E-state index in [9.17, 15) is 9.90 Å². The van der Waals surface area contributed by atoms with E-state index in [1.807, 2.05) is 30.3 Å². The standard InChI is InChI=1S/C25H29N3O2/c1-2-19-7-3-4-8-20(19)14-16-26-17-23(29)18-28-25(30)22-12-10-21(11-13-22)24-9-5-6-15-27-24/h3-13,15,23,26,29H,2,14,16-18H2,1H3,(H,28,30). The van der Waals surface area contributed by atoms with Gasteiger partial charge in [-0.05, 0) is 54.8 Å². The number of nitrogens with one attached hydrogen (secondary N) is 2. The van der Waals surface area contributed by atoms with Gasteiger partial charge in [-0.25, -0.2) is 0 Å². The zero-order valence-electron chi connectivity index (χ0n) is 17.3. The molecular formula is C25H29N3O2. The van der Waals surface area contributed by atoms with Crippen LogP contribution < -0.4 is 10.6 Å². The van der Waals surface area contributed by atoms with Crippen LogP contribution in [-0.2, 0) is 12.8 Å². The number of aliphatic hydroxyl groups excluding tert-OH is 1. The third-order valence-electron chi connectivity index (χ3n) is 5.06. The quantitative estimate of drug-likeness (QED) is 0.455. The second-order valence-corrected chi connectivity index (χ2v) is 7.23. The van der Waals surface area contributed by atoms with Gasteiger partial charge in [0.2, 0.25) is 0 Å². The first-order valence-electron chi connectivity index (χ1n) is 10.4. The van der Waals surface area contributed by atoms with Crippen LogP contribution in [0.3, 0.4) is 0 Å². The van der Waals surface area contributed by atoms with Crippen molar-refractivity contribution >= 4 is 5.91 Å². The second kappa shape index (κ2) is 11.2. The third kappa shape index (κ3) is 6.24. The summed E-state index contributed by atoms with van der Waals surface area (Å²) in [5.74, 6) is -0.196. The first-order valence-corrected chi connectivity index (χ1v) is 10.4. The van der Waals surface area contributed by atoms with Gasteiger partial charge in [-0.1, -0.05) is 49.4 Å². The second-order valence-electron chi connectivity index (χ2n) is 7.23. The highest BCUT2D eigenvalue weighted by molar-refractivity contribution is 5.94. The average molecular weight is 404 g/mol. The molecule has 5 nitrogen and oxygen atoms in total. The Balaban J connectivity index is 1.39. The maximum atomic E-state index is 12.3. The number of aromatic nitrogens is 1. The van der Waals surface area contributed by atoms with Crippen LogP contribution in [0.15, 0.2) is 72.9 Å². The van der Waals surface area contributed by atoms with Gasteiger partial charge in [0, 0.05) is 30.4 Å². The Kier molecular flexibility index (Phi) is 8.12. The molecule has 0 fully saturated rings. The number of pyridine rings is 1. The van der Waals surface area contributed by atoms with Crippen molar-refractivity contribution in [1.29, 1.82) is 0 Å². The zero-order valence-corrected chi connectivity index (χ0v) is 17.3. The summed E-state index contributed by atoms with van der Waals surface area (Å²) in [6.07, 6.45) is 3.05. The van der Waals surface area contributed by atoms with Gasteiger partial charge in [0.25, 0.3) is 5.91 Å².